The lowest BCUT2D eigenvalue weighted by Gasteiger charge is -2.24. The number of piperidine rings is 1. The van der Waals surface area contributed by atoms with Crippen molar-refractivity contribution in [1.82, 2.24) is 10.6 Å². The largest absolute Gasteiger partial charge is 0.484 e. The molecule has 2 aliphatic rings. The summed E-state index contributed by atoms with van der Waals surface area (Å²) in [6.45, 7) is 2.51. The zero-order valence-electron chi connectivity index (χ0n) is 14.2. The van der Waals surface area contributed by atoms with Crippen LogP contribution >= 0.6 is 0 Å². The van der Waals surface area contributed by atoms with E-state index in [0.717, 1.165) is 37.9 Å². The lowest BCUT2D eigenvalue weighted by atomic mass is 9.91. The Morgan fingerprint density at radius 3 is 2.56 bits per heavy atom. The molecule has 1 aliphatic carbocycles. The van der Waals surface area contributed by atoms with Gasteiger partial charge in [-0.05, 0) is 62.4 Å². The summed E-state index contributed by atoms with van der Waals surface area (Å²) < 4.78 is 41.1. The summed E-state index contributed by atoms with van der Waals surface area (Å²) in [5.41, 5.74) is 1.03. The van der Waals surface area contributed by atoms with Crippen LogP contribution in [0.3, 0.4) is 0 Å². The van der Waals surface area contributed by atoms with Crippen molar-refractivity contribution in [2.24, 2.45) is 11.3 Å². The summed E-state index contributed by atoms with van der Waals surface area (Å²) in [5.74, 6) is 0.327. The molecule has 7 heteroatoms. The van der Waals surface area contributed by atoms with E-state index in [9.17, 15) is 18.0 Å². The van der Waals surface area contributed by atoms with Crippen molar-refractivity contribution in [3.05, 3.63) is 29.8 Å². The monoisotopic (exact) mass is 356 g/mol. The summed E-state index contributed by atoms with van der Waals surface area (Å²) >= 11 is 0. The lowest BCUT2D eigenvalue weighted by Crippen LogP contribution is -2.34. The van der Waals surface area contributed by atoms with Gasteiger partial charge >= 0.3 is 6.18 Å². The second-order valence-electron chi connectivity index (χ2n) is 7.07. The minimum atomic E-state index is -4.35. The molecule has 1 aliphatic heterocycles. The van der Waals surface area contributed by atoms with E-state index in [1.165, 1.54) is 12.1 Å². The van der Waals surface area contributed by atoms with Gasteiger partial charge in [-0.2, -0.15) is 13.2 Å². The van der Waals surface area contributed by atoms with Crippen LogP contribution in [0.5, 0.6) is 5.75 Å². The molecule has 2 N–H and O–H groups in total. The maximum absolute atomic E-state index is 12.5. The van der Waals surface area contributed by atoms with E-state index in [1.807, 2.05) is 6.92 Å². The zero-order valence-corrected chi connectivity index (χ0v) is 14.2. The number of amides is 1. The van der Waals surface area contributed by atoms with Crippen LogP contribution in [0.1, 0.15) is 37.8 Å². The highest BCUT2D eigenvalue weighted by molar-refractivity contribution is 5.83. The molecule has 1 aromatic rings. The lowest BCUT2D eigenvalue weighted by molar-refractivity contribution is -0.153. The molecular weight excluding hydrogens is 333 g/mol. The van der Waals surface area contributed by atoms with Crippen LogP contribution in [0.25, 0.3) is 0 Å². The molecule has 1 aromatic carbocycles. The van der Waals surface area contributed by atoms with Gasteiger partial charge in [0.1, 0.15) is 5.75 Å². The molecule has 1 saturated heterocycles. The van der Waals surface area contributed by atoms with E-state index in [2.05, 4.69) is 10.6 Å². The molecule has 138 valence electrons. The Morgan fingerprint density at radius 2 is 1.96 bits per heavy atom. The first-order chi connectivity index (χ1) is 11.8. The van der Waals surface area contributed by atoms with E-state index in [0.29, 0.717) is 0 Å². The highest BCUT2D eigenvalue weighted by Crippen LogP contribution is 2.58. The fourth-order valence-corrected chi connectivity index (χ4v) is 3.61. The molecule has 1 spiro atoms. The van der Waals surface area contributed by atoms with Crippen molar-refractivity contribution in [2.45, 2.75) is 38.4 Å². The molecule has 3 rings (SSSR count). The predicted octanol–water partition coefficient (Wildman–Crippen LogP) is 3.19. The average molecular weight is 356 g/mol. The number of rotatable bonds is 5. The van der Waals surface area contributed by atoms with E-state index in [-0.39, 0.29) is 29.0 Å². The third kappa shape index (κ3) is 4.45. The first-order valence-electron chi connectivity index (χ1n) is 8.60. The quantitative estimate of drug-likeness (QED) is 0.852. The van der Waals surface area contributed by atoms with Gasteiger partial charge in [0.25, 0.3) is 0 Å². The number of hydrogen-bond donors (Lipinski definition) is 2. The molecule has 2 unspecified atom stereocenters. The molecule has 4 nitrogen and oxygen atoms in total. The number of nitrogens with one attached hydrogen (secondary N) is 2. The van der Waals surface area contributed by atoms with Crippen LogP contribution in [0.4, 0.5) is 13.2 Å². The van der Waals surface area contributed by atoms with Crippen molar-refractivity contribution < 1.29 is 22.7 Å². The summed E-state index contributed by atoms with van der Waals surface area (Å²) in [5, 5.41) is 6.34. The normalized spacial score (nSPS) is 23.1. The maximum atomic E-state index is 12.5. The number of carbonyl (C=O) groups is 1. The van der Waals surface area contributed by atoms with Gasteiger partial charge < -0.3 is 15.4 Å². The average Bonchev–Trinajstić information content (AvgIpc) is 3.26. The minimum Gasteiger partial charge on any atom is -0.484 e. The fourth-order valence-electron chi connectivity index (χ4n) is 3.61. The van der Waals surface area contributed by atoms with Crippen molar-refractivity contribution in [1.29, 1.82) is 0 Å². The Hall–Kier alpha value is -1.76. The van der Waals surface area contributed by atoms with Gasteiger partial charge in [0, 0.05) is 5.92 Å². The Balaban J connectivity index is 1.51. The Labute approximate surface area is 145 Å². The predicted molar refractivity (Wildman–Crippen MR) is 87.2 cm³/mol. The highest BCUT2D eigenvalue weighted by Gasteiger charge is 2.57. The van der Waals surface area contributed by atoms with Crippen LogP contribution in [0, 0.1) is 11.3 Å². The van der Waals surface area contributed by atoms with Crippen LogP contribution in [-0.2, 0) is 4.79 Å². The van der Waals surface area contributed by atoms with Crippen LogP contribution in [0.15, 0.2) is 24.3 Å². The SMILES string of the molecule is CC(NC(=O)C1CC12CCNCC2)c1ccc(OCC(F)(F)F)cc1. The summed E-state index contributed by atoms with van der Waals surface area (Å²) in [6.07, 6.45) is -1.30. The zero-order chi connectivity index (χ0) is 18.1. The molecule has 2 atom stereocenters. The van der Waals surface area contributed by atoms with Crippen LogP contribution in [-0.4, -0.2) is 31.8 Å². The number of halogens is 3. The van der Waals surface area contributed by atoms with Gasteiger partial charge in [0.15, 0.2) is 6.61 Å². The van der Waals surface area contributed by atoms with Gasteiger partial charge in [-0.1, -0.05) is 12.1 Å². The van der Waals surface area contributed by atoms with E-state index < -0.39 is 12.8 Å². The van der Waals surface area contributed by atoms with Crippen LogP contribution < -0.4 is 15.4 Å². The van der Waals surface area contributed by atoms with Gasteiger partial charge in [0.05, 0.1) is 6.04 Å². The molecule has 0 radical (unpaired) electrons. The third-order valence-electron chi connectivity index (χ3n) is 5.25. The van der Waals surface area contributed by atoms with Crippen molar-refractivity contribution in [3.8, 4) is 5.75 Å². The number of carbonyl (C=O) groups excluding carboxylic acids is 1. The molecular formula is C18H23F3N2O2. The Bertz CT molecular complexity index is 610. The molecule has 0 bridgehead atoms. The number of hydrogen-bond acceptors (Lipinski definition) is 3. The summed E-state index contributed by atoms with van der Waals surface area (Å²) in [6, 6.07) is 6.17. The second kappa shape index (κ2) is 6.86. The van der Waals surface area contributed by atoms with Crippen LogP contribution in [0.2, 0.25) is 0 Å². The van der Waals surface area contributed by atoms with E-state index in [1.54, 1.807) is 12.1 Å². The summed E-state index contributed by atoms with van der Waals surface area (Å²) in [4.78, 5) is 12.5. The Kier molecular flexibility index (Phi) is 4.95. The number of benzene rings is 1. The highest BCUT2D eigenvalue weighted by atomic mass is 19.4. The Morgan fingerprint density at radius 1 is 1.32 bits per heavy atom. The van der Waals surface area contributed by atoms with Gasteiger partial charge in [-0.15, -0.1) is 0 Å². The molecule has 25 heavy (non-hydrogen) atoms. The molecule has 1 saturated carbocycles. The van der Waals surface area contributed by atoms with Crippen molar-refractivity contribution in [2.75, 3.05) is 19.7 Å². The minimum absolute atomic E-state index is 0.0757. The molecule has 1 heterocycles. The molecule has 0 aromatic heterocycles. The maximum Gasteiger partial charge on any atom is 0.422 e. The third-order valence-corrected chi connectivity index (χ3v) is 5.25. The molecule has 1 amide bonds. The number of alkyl halides is 3. The smallest absolute Gasteiger partial charge is 0.422 e. The topological polar surface area (TPSA) is 50.4 Å². The fraction of sp³-hybridized carbons (Fsp3) is 0.611. The number of ether oxygens (including phenoxy) is 1. The molecule has 2 fully saturated rings. The van der Waals surface area contributed by atoms with Gasteiger partial charge in [-0.3, -0.25) is 4.79 Å². The standard InChI is InChI=1S/C18H23F3N2O2/c1-12(13-2-4-14(5-3-13)25-11-18(19,20)21)23-16(24)15-10-17(15)6-8-22-9-7-17/h2-5,12,15,22H,6-11H2,1H3,(H,23,24). The summed E-state index contributed by atoms with van der Waals surface area (Å²) in [7, 11) is 0. The van der Waals surface area contributed by atoms with E-state index in [4.69, 9.17) is 4.74 Å². The first-order valence-corrected chi connectivity index (χ1v) is 8.60. The van der Waals surface area contributed by atoms with E-state index >= 15 is 0 Å². The van der Waals surface area contributed by atoms with Gasteiger partial charge in [0.2, 0.25) is 5.91 Å². The second-order valence-corrected chi connectivity index (χ2v) is 7.07. The van der Waals surface area contributed by atoms with Crippen molar-refractivity contribution >= 4 is 5.91 Å². The van der Waals surface area contributed by atoms with Gasteiger partial charge in [-0.25, -0.2) is 0 Å². The first kappa shape index (κ1) is 18.0. The van der Waals surface area contributed by atoms with Crippen molar-refractivity contribution in [3.63, 3.8) is 0 Å².